The molecule has 0 aliphatic rings. The van der Waals surface area contributed by atoms with Crippen LogP contribution in [0.3, 0.4) is 0 Å². The lowest BCUT2D eigenvalue weighted by Crippen LogP contribution is -2.25. The first-order valence-corrected chi connectivity index (χ1v) is 8.98. The highest BCUT2D eigenvalue weighted by molar-refractivity contribution is 7.20. The molecule has 0 saturated carbocycles. The van der Waals surface area contributed by atoms with Crippen LogP contribution in [0, 0.1) is 6.92 Å². The van der Waals surface area contributed by atoms with Gasteiger partial charge in [-0.1, -0.05) is 23.7 Å². The van der Waals surface area contributed by atoms with E-state index in [9.17, 15) is 4.79 Å². The maximum atomic E-state index is 12.3. The van der Waals surface area contributed by atoms with Gasteiger partial charge in [0.2, 0.25) is 0 Å². The van der Waals surface area contributed by atoms with E-state index in [1.165, 1.54) is 11.3 Å². The molecule has 8 heteroatoms. The predicted molar refractivity (Wildman–Crippen MR) is 107 cm³/mol. The number of aromatic nitrogens is 2. The van der Waals surface area contributed by atoms with Gasteiger partial charge in [0, 0.05) is 11.9 Å². The van der Waals surface area contributed by atoms with Crippen LogP contribution in [0.5, 0.6) is 0 Å². The van der Waals surface area contributed by atoms with Crippen LogP contribution in [0.4, 0.5) is 0 Å². The van der Waals surface area contributed by atoms with Crippen LogP contribution >= 0.6 is 35.3 Å². The van der Waals surface area contributed by atoms with Crippen LogP contribution in [-0.2, 0) is 0 Å². The Morgan fingerprint density at radius 3 is 2.80 bits per heavy atom. The van der Waals surface area contributed by atoms with Crippen LogP contribution < -0.4 is 10.6 Å². The number of hydrogen-bond donors (Lipinski definition) is 2. The Morgan fingerprint density at radius 1 is 1.32 bits per heavy atom. The maximum absolute atomic E-state index is 12.3. The lowest BCUT2D eigenvalue weighted by atomic mass is 10.3. The second-order valence-electron chi connectivity index (χ2n) is 5.49. The van der Waals surface area contributed by atoms with Gasteiger partial charge in [0.05, 0.1) is 21.3 Å². The summed E-state index contributed by atoms with van der Waals surface area (Å²) in [6.07, 6.45) is 0.902. The summed E-state index contributed by atoms with van der Waals surface area (Å²) in [6.45, 7) is 3.48. The van der Waals surface area contributed by atoms with Crippen molar-refractivity contribution in [1.82, 2.24) is 20.4 Å². The zero-order chi connectivity index (χ0) is 17.1. The molecular weight excluding hydrogens is 379 g/mol. The average molecular weight is 399 g/mol. The molecule has 2 N–H and O–H groups in total. The third-order valence-electron chi connectivity index (χ3n) is 3.74. The molecule has 134 valence electrons. The molecule has 0 fully saturated rings. The van der Waals surface area contributed by atoms with E-state index in [0.29, 0.717) is 16.4 Å². The predicted octanol–water partition coefficient (Wildman–Crippen LogP) is 3.81. The van der Waals surface area contributed by atoms with Gasteiger partial charge >= 0.3 is 0 Å². The van der Waals surface area contributed by atoms with Crippen molar-refractivity contribution in [3.63, 3.8) is 0 Å². The van der Waals surface area contributed by atoms with Gasteiger partial charge in [-0.3, -0.25) is 4.79 Å². The minimum absolute atomic E-state index is 0. The van der Waals surface area contributed by atoms with E-state index < -0.39 is 0 Å². The number of halogens is 2. The Morgan fingerprint density at radius 2 is 2.08 bits per heavy atom. The zero-order valence-electron chi connectivity index (χ0n) is 14.0. The number of amides is 1. The summed E-state index contributed by atoms with van der Waals surface area (Å²) in [5.74, 6) is -0.0441. The summed E-state index contributed by atoms with van der Waals surface area (Å²) >= 11 is 7.73. The first-order valence-electron chi connectivity index (χ1n) is 7.78. The number of carbonyl (C=O) groups excluding carboxylic acids is 1. The molecule has 25 heavy (non-hydrogen) atoms. The third kappa shape index (κ3) is 4.15. The molecule has 0 saturated heterocycles. The summed E-state index contributed by atoms with van der Waals surface area (Å²) in [5, 5.41) is 12.2. The molecule has 3 rings (SSSR count). The molecule has 0 bridgehead atoms. The fourth-order valence-electron chi connectivity index (χ4n) is 2.50. The molecule has 0 radical (unpaired) electrons. The normalized spacial score (nSPS) is 10.7. The second-order valence-corrected chi connectivity index (χ2v) is 6.93. The van der Waals surface area contributed by atoms with Crippen molar-refractivity contribution in [3.05, 3.63) is 45.9 Å². The van der Waals surface area contributed by atoms with Gasteiger partial charge < -0.3 is 10.6 Å². The highest BCUT2D eigenvalue weighted by atomic mass is 35.5. The smallest absolute Gasteiger partial charge is 0.261 e. The van der Waals surface area contributed by atoms with Crippen molar-refractivity contribution >= 4 is 51.5 Å². The summed E-state index contributed by atoms with van der Waals surface area (Å²) in [4.78, 5) is 13.9. The van der Waals surface area contributed by atoms with Crippen molar-refractivity contribution in [3.8, 4) is 5.69 Å². The SMILES string of the molecule is CNCCCNC(=O)c1cc2c(C)nn(-c3ccccc3Cl)c2s1.Cl. The van der Waals surface area contributed by atoms with E-state index in [1.807, 2.05) is 49.0 Å². The minimum Gasteiger partial charge on any atom is -0.351 e. The lowest BCUT2D eigenvalue weighted by molar-refractivity contribution is 0.0957. The number of rotatable bonds is 6. The fourth-order valence-corrected chi connectivity index (χ4v) is 3.81. The standard InChI is InChI=1S/C17H19ClN4OS.ClH/c1-11-12-10-15(16(23)20-9-5-8-19-2)24-17(12)22(21-11)14-7-4-3-6-13(14)18;/h3-4,6-7,10,19H,5,8-9H2,1-2H3,(H,20,23);1H. The van der Waals surface area contributed by atoms with Crippen molar-refractivity contribution in [2.75, 3.05) is 20.1 Å². The van der Waals surface area contributed by atoms with Gasteiger partial charge in [-0.05, 0) is 45.1 Å². The molecule has 1 amide bonds. The molecule has 0 atom stereocenters. The van der Waals surface area contributed by atoms with Gasteiger partial charge in [-0.2, -0.15) is 5.10 Å². The van der Waals surface area contributed by atoms with E-state index in [2.05, 4.69) is 15.7 Å². The Kier molecular flexibility index (Phi) is 6.84. The number of nitrogens with zero attached hydrogens (tertiary/aromatic N) is 2. The molecule has 1 aromatic carbocycles. The number of carbonyl (C=O) groups is 1. The van der Waals surface area contributed by atoms with E-state index >= 15 is 0 Å². The number of aryl methyl sites for hydroxylation is 1. The molecule has 3 aromatic rings. The van der Waals surface area contributed by atoms with Gasteiger partial charge in [0.25, 0.3) is 5.91 Å². The molecule has 0 aliphatic heterocycles. The number of hydrogen-bond acceptors (Lipinski definition) is 4. The monoisotopic (exact) mass is 398 g/mol. The van der Waals surface area contributed by atoms with Crippen molar-refractivity contribution in [2.24, 2.45) is 0 Å². The van der Waals surface area contributed by atoms with Crippen LogP contribution in [0.1, 0.15) is 21.8 Å². The zero-order valence-corrected chi connectivity index (χ0v) is 16.4. The highest BCUT2D eigenvalue weighted by Gasteiger charge is 2.17. The average Bonchev–Trinajstić information content (AvgIpc) is 3.13. The minimum atomic E-state index is -0.0441. The Hall–Kier alpha value is -1.60. The molecule has 0 unspecified atom stereocenters. The summed E-state index contributed by atoms with van der Waals surface area (Å²) in [7, 11) is 1.90. The first-order chi connectivity index (χ1) is 11.6. The van der Waals surface area contributed by atoms with Crippen LogP contribution in [0.25, 0.3) is 15.9 Å². The quantitative estimate of drug-likeness (QED) is 0.620. The van der Waals surface area contributed by atoms with Crippen LogP contribution in [-0.4, -0.2) is 35.8 Å². The molecule has 0 aliphatic carbocycles. The van der Waals surface area contributed by atoms with Crippen molar-refractivity contribution < 1.29 is 4.79 Å². The van der Waals surface area contributed by atoms with E-state index in [-0.39, 0.29) is 18.3 Å². The van der Waals surface area contributed by atoms with Crippen LogP contribution in [0.2, 0.25) is 5.02 Å². The van der Waals surface area contributed by atoms with E-state index in [0.717, 1.165) is 34.6 Å². The summed E-state index contributed by atoms with van der Waals surface area (Å²) < 4.78 is 1.81. The second kappa shape index (κ2) is 8.67. The van der Waals surface area contributed by atoms with Crippen molar-refractivity contribution in [2.45, 2.75) is 13.3 Å². The maximum Gasteiger partial charge on any atom is 0.261 e. The lowest BCUT2D eigenvalue weighted by Gasteiger charge is -2.04. The Labute approximate surface area is 161 Å². The molecule has 2 aromatic heterocycles. The van der Waals surface area contributed by atoms with E-state index in [4.69, 9.17) is 11.6 Å². The van der Waals surface area contributed by atoms with Gasteiger partial charge in [-0.25, -0.2) is 4.68 Å². The Balaban J connectivity index is 0.00000225. The van der Waals surface area contributed by atoms with Crippen LogP contribution in [0.15, 0.2) is 30.3 Å². The topological polar surface area (TPSA) is 58.9 Å². The van der Waals surface area contributed by atoms with Crippen molar-refractivity contribution in [1.29, 1.82) is 0 Å². The number of nitrogens with one attached hydrogen (secondary N) is 2. The number of para-hydroxylation sites is 1. The molecular formula is C17H20Cl2N4OS. The third-order valence-corrected chi connectivity index (χ3v) is 5.17. The van der Waals surface area contributed by atoms with Gasteiger partial charge in [0.1, 0.15) is 4.83 Å². The van der Waals surface area contributed by atoms with E-state index in [1.54, 1.807) is 0 Å². The van der Waals surface area contributed by atoms with Gasteiger partial charge in [-0.15, -0.1) is 23.7 Å². The first kappa shape index (κ1) is 19.7. The molecule has 0 spiro atoms. The number of benzene rings is 1. The highest BCUT2D eigenvalue weighted by Crippen LogP contribution is 2.32. The molecule has 5 nitrogen and oxygen atoms in total. The number of fused-ring (bicyclic) bond motifs is 1. The number of thiophene rings is 1. The summed E-state index contributed by atoms with van der Waals surface area (Å²) in [6, 6.07) is 9.47. The van der Waals surface area contributed by atoms with Gasteiger partial charge in [0.15, 0.2) is 0 Å². The molecule has 2 heterocycles. The Bertz CT molecular complexity index is 875. The fraction of sp³-hybridized carbons (Fsp3) is 0.294. The largest absolute Gasteiger partial charge is 0.351 e. The summed E-state index contributed by atoms with van der Waals surface area (Å²) in [5.41, 5.74) is 1.70.